The number of benzene rings is 2. The van der Waals surface area contributed by atoms with Crippen LogP contribution >= 0.6 is 0 Å². The van der Waals surface area contributed by atoms with Crippen LogP contribution in [-0.2, 0) is 6.42 Å². The largest absolute Gasteiger partial charge is 0.494 e. The van der Waals surface area contributed by atoms with Gasteiger partial charge >= 0.3 is 0 Å². The third kappa shape index (κ3) is 4.58. The van der Waals surface area contributed by atoms with Crippen molar-refractivity contribution in [2.75, 3.05) is 13.2 Å². The Balaban J connectivity index is 1.81. The maximum atomic E-state index is 13.1. The number of halogens is 1. The van der Waals surface area contributed by atoms with Gasteiger partial charge in [-0.1, -0.05) is 24.3 Å². The van der Waals surface area contributed by atoms with Crippen LogP contribution in [0.3, 0.4) is 0 Å². The van der Waals surface area contributed by atoms with Crippen molar-refractivity contribution in [3.63, 3.8) is 0 Å². The number of amides is 1. The molecule has 116 valence electrons. The van der Waals surface area contributed by atoms with Gasteiger partial charge < -0.3 is 10.1 Å². The molecule has 2 aromatic rings. The van der Waals surface area contributed by atoms with E-state index in [4.69, 9.17) is 4.74 Å². The van der Waals surface area contributed by atoms with E-state index < -0.39 is 5.82 Å². The monoisotopic (exact) mass is 301 g/mol. The summed E-state index contributed by atoms with van der Waals surface area (Å²) >= 11 is 0. The van der Waals surface area contributed by atoms with Crippen molar-refractivity contribution < 1.29 is 13.9 Å². The third-order valence-electron chi connectivity index (χ3n) is 3.27. The SMILES string of the molecule is CCOc1ccccc1CCCNC(=O)c1cccc(F)c1. The predicted octanol–water partition coefficient (Wildman–Crippen LogP) is 3.59. The molecule has 0 unspecified atom stereocenters. The minimum atomic E-state index is -0.404. The molecule has 1 N–H and O–H groups in total. The van der Waals surface area contributed by atoms with Gasteiger partial charge in [-0.3, -0.25) is 4.79 Å². The van der Waals surface area contributed by atoms with Crippen LogP contribution < -0.4 is 10.1 Å². The molecule has 2 rings (SSSR count). The second kappa shape index (κ2) is 8.17. The van der Waals surface area contributed by atoms with Crippen LogP contribution in [0.4, 0.5) is 4.39 Å². The Morgan fingerprint density at radius 3 is 2.77 bits per heavy atom. The van der Waals surface area contributed by atoms with Gasteiger partial charge in [-0.15, -0.1) is 0 Å². The molecule has 2 aromatic carbocycles. The molecular formula is C18H20FNO2. The first-order valence-electron chi connectivity index (χ1n) is 7.45. The molecule has 0 radical (unpaired) electrons. The van der Waals surface area contributed by atoms with Crippen molar-refractivity contribution in [1.82, 2.24) is 5.32 Å². The van der Waals surface area contributed by atoms with Gasteiger partial charge in [-0.2, -0.15) is 0 Å². The molecule has 0 heterocycles. The van der Waals surface area contributed by atoms with E-state index in [1.54, 1.807) is 6.07 Å². The third-order valence-corrected chi connectivity index (χ3v) is 3.27. The summed E-state index contributed by atoms with van der Waals surface area (Å²) in [5, 5.41) is 2.80. The van der Waals surface area contributed by atoms with E-state index in [-0.39, 0.29) is 5.91 Å². The number of rotatable bonds is 7. The summed E-state index contributed by atoms with van der Waals surface area (Å²) in [4.78, 5) is 11.9. The van der Waals surface area contributed by atoms with Gasteiger partial charge in [0.15, 0.2) is 0 Å². The molecule has 0 aliphatic carbocycles. The average molecular weight is 301 g/mol. The topological polar surface area (TPSA) is 38.3 Å². The number of nitrogens with one attached hydrogen (secondary N) is 1. The number of hydrogen-bond donors (Lipinski definition) is 1. The lowest BCUT2D eigenvalue weighted by molar-refractivity contribution is 0.0953. The van der Waals surface area contributed by atoms with Crippen molar-refractivity contribution in [2.45, 2.75) is 19.8 Å². The fraction of sp³-hybridized carbons (Fsp3) is 0.278. The quantitative estimate of drug-likeness (QED) is 0.794. The number of carbonyl (C=O) groups is 1. The number of ether oxygens (including phenoxy) is 1. The molecule has 22 heavy (non-hydrogen) atoms. The van der Waals surface area contributed by atoms with Crippen molar-refractivity contribution in [1.29, 1.82) is 0 Å². The normalized spacial score (nSPS) is 10.3. The predicted molar refractivity (Wildman–Crippen MR) is 84.7 cm³/mol. The molecule has 0 aromatic heterocycles. The van der Waals surface area contributed by atoms with E-state index in [1.807, 2.05) is 31.2 Å². The Hall–Kier alpha value is -2.36. The highest BCUT2D eigenvalue weighted by Crippen LogP contribution is 2.19. The molecule has 0 aliphatic heterocycles. The zero-order valence-electron chi connectivity index (χ0n) is 12.6. The van der Waals surface area contributed by atoms with Crippen LogP contribution in [0.15, 0.2) is 48.5 Å². The number of hydrogen-bond acceptors (Lipinski definition) is 2. The van der Waals surface area contributed by atoms with Gasteiger partial charge in [0, 0.05) is 12.1 Å². The summed E-state index contributed by atoms with van der Waals surface area (Å²) in [6.45, 7) is 3.12. The highest BCUT2D eigenvalue weighted by molar-refractivity contribution is 5.94. The summed E-state index contributed by atoms with van der Waals surface area (Å²) < 4.78 is 18.6. The summed E-state index contributed by atoms with van der Waals surface area (Å²) in [5.74, 6) is 0.234. The van der Waals surface area contributed by atoms with E-state index in [0.29, 0.717) is 18.7 Å². The minimum absolute atomic E-state index is 0.252. The van der Waals surface area contributed by atoms with E-state index >= 15 is 0 Å². The van der Waals surface area contributed by atoms with E-state index in [1.165, 1.54) is 18.2 Å². The number of para-hydroxylation sites is 1. The molecule has 0 bridgehead atoms. The molecule has 0 atom stereocenters. The van der Waals surface area contributed by atoms with Crippen molar-refractivity contribution >= 4 is 5.91 Å². The molecule has 4 heteroatoms. The van der Waals surface area contributed by atoms with Crippen LogP contribution in [0.25, 0.3) is 0 Å². The standard InChI is InChI=1S/C18H20FNO2/c1-2-22-17-11-4-3-7-14(17)9-6-12-20-18(21)15-8-5-10-16(19)13-15/h3-5,7-8,10-11,13H,2,6,9,12H2,1H3,(H,20,21). The van der Waals surface area contributed by atoms with Gasteiger partial charge in [0.05, 0.1) is 6.61 Å². The Labute approximate surface area is 130 Å². The first-order valence-corrected chi connectivity index (χ1v) is 7.45. The Kier molecular flexibility index (Phi) is 5.95. The highest BCUT2D eigenvalue weighted by atomic mass is 19.1. The Morgan fingerprint density at radius 2 is 2.00 bits per heavy atom. The van der Waals surface area contributed by atoms with Gasteiger partial charge in [0.2, 0.25) is 0 Å². The molecule has 0 saturated heterocycles. The van der Waals surface area contributed by atoms with Crippen LogP contribution in [0.2, 0.25) is 0 Å². The summed E-state index contributed by atoms with van der Waals surface area (Å²) in [7, 11) is 0. The molecule has 0 aliphatic rings. The second-order valence-electron chi connectivity index (χ2n) is 4.91. The zero-order chi connectivity index (χ0) is 15.8. The Bertz CT molecular complexity index is 628. The zero-order valence-corrected chi connectivity index (χ0v) is 12.6. The molecule has 3 nitrogen and oxygen atoms in total. The maximum Gasteiger partial charge on any atom is 0.251 e. The van der Waals surface area contributed by atoms with E-state index in [2.05, 4.69) is 5.32 Å². The van der Waals surface area contributed by atoms with Crippen molar-refractivity contribution in [3.8, 4) is 5.75 Å². The molecule has 0 fully saturated rings. The molecule has 0 spiro atoms. The lowest BCUT2D eigenvalue weighted by Crippen LogP contribution is -2.24. The van der Waals surface area contributed by atoms with Gasteiger partial charge in [0.25, 0.3) is 5.91 Å². The lowest BCUT2D eigenvalue weighted by atomic mass is 10.1. The van der Waals surface area contributed by atoms with Gasteiger partial charge in [-0.25, -0.2) is 4.39 Å². The van der Waals surface area contributed by atoms with Gasteiger partial charge in [-0.05, 0) is 49.6 Å². The summed E-state index contributed by atoms with van der Waals surface area (Å²) in [6.07, 6.45) is 1.62. The minimum Gasteiger partial charge on any atom is -0.494 e. The molecular weight excluding hydrogens is 281 g/mol. The summed E-state index contributed by atoms with van der Waals surface area (Å²) in [5.41, 5.74) is 1.47. The fourth-order valence-electron chi connectivity index (χ4n) is 2.22. The van der Waals surface area contributed by atoms with Crippen molar-refractivity contribution in [3.05, 3.63) is 65.5 Å². The first-order chi connectivity index (χ1) is 10.7. The van der Waals surface area contributed by atoms with Crippen molar-refractivity contribution in [2.24, 2.45) is 0 Å². The maximum absolute atomic E-state index is 13.1. The molecule has 1 amide bonds. The first kappa shape index (κ1) is 16.0. The molecule has 0 saturated carbocycles. The van der Waals surface area contributed by atoms with Crippen LogP contribution in [0, 0.1) is 5.82 Å². The van der Waals surface area contributed by atoms with E-state index in [0.717, 1.165) is 24.2 Å². The van der Waals surface area contributed by atoms with Crippen LogP contribution in [0.5, 0.6) is 5.75 Å². The van der Waals surface area contributed by atoms with E-state index in [9.17, 15) is 9.18 Å². The Morgan fingerprint density at radius 1 is 1.18 bits per heavy atom. The van der Waals surface area contributed by atoms with Gasteiger partial charge in [0.1, 0.15) is 11.6 Å². The van der Waals surface area contributed by atoms with Crippen LogP contribution in [-0.4, -0.2) is 19.1 Å². The number of aryl methyl sites for hydroxylation is 1. The summed E-state index contributed by atoms with van der Waals surface area (Å²) in [6, 6.07) is 13.6. The smallest absolute Gasteiger partial charge is 0.251 e. The lowest BCUT2D eigenvalue weighted by Gasteiger charge is -2.10. The fourth-order valence-corrected chi connectivity index (χ4v) is 2.22. The highest BCUT2D eigenvalue weighted by Gasteiger charge is 2.06. The average Bonchev–Trinajstić information content (AvgIpc) is 2.53. The number of carbonyl (C=O) groups excluding carboxylic acids is 1. The second-order valence-corrected chi connectivity index (χ2v) is 4.91. The van der Waals surface area contributed by atoms with Crippen LogP contribution in [0.1, 0.15) is 29.3 Å².